The quantitative estimate of drug-likeness (QED) is 0.703. The number of alkyl halides is 3. The highest BCUT2D eigenvalue weighted by Crippen LogP contribution is 2.29. The summed E-state index contributed by atoms with van der Waals surface area (Å²) in [4.78, 5) is 35.9. The number of carbonyl (C=O) groups excluding carboxylic acids is 2. The monoisotopic (exact) mass is 433 g/mol. The molecule has 12 heteroatoms. The van der Waals surface area contributed by atoms with Gasteiger partial charge in [0.2, 0.25) is 0 Å². The predicted molar refractivity (Wildman–Crippen MR) is 95.9 cm³/mol. The summed E-state index contributed by atoms with van der Waals surface area (Å²) < 4.78 is 49.1. The van der Waals surface area contributed by atoms with Gasteiger partial charge in [-0.05, 0) is 24.3 Å². The zero-order chi connectivity index (χ0) is 21.8. The SMILES string of the molecule is COc1ccc(C(=O)NNC(=O)Cn2cc(C(F)(F)F)cc(Cl)c2=O)cc1OC. The number of rotatable bonds is 5. The van der Waals surface area contributed by atoms with E-state index in [0.717, 1.165) is 0 Å². The molecule has 156 valence electrons. The summed E-state index contributed by atoms with van der Waals surface area (Å²) in [6, 6.07) is 4.70. The van der Waals surface area contributed by atoms with E-state index in [1.165, 1.54) is 32.4 Å². The number of amides is 2. The molecule has 0 atom stereocenters. The molecule has 0 spiro atoms. The Kier molecular flexibility index (Phi) is 6.75. The first-order valence-corrected chi connectivity index (χ1v) is 8.23. The van der Waals surface area contributed by atoms with Gasteiger partial charge in [-0.3, -0.25) is 25.2 Å². The summed E-state index contributed by atoms with van der Waals surface area (Å²) in [5.41, 5.74) is 2.02. The second kappa shape index (κ2) is 8.86. The second-order valence-electron chi connectivity index (χ2n) is 5.58. The maximum Gasteiger partial charge on any atom is 0.417 e. The standard InChI is InChI=1S/C17H15ClF3N3O5/c1-28-12-4-3-9(5-13(12)29-2)15(26)23-22-14(25)8-24-7-10(17(19,20)21)6-11(18)16(24)27/h3-7H,8H2,1-2H3,(H,22,25)(H,23,26). The number of aromatic nitrogens is 1. The predicted octanol–water partition coefficient (Wildman–Crippen LogP) is 2.00. The van der Waals surface area contributed by atoms with Gasteiger partial charge >= 0.3 is 6.18 Å². The Morgan fingerprint density at radius 3 is 2.34 bits per heavy atom. The first kappa shape index (κ1) is 22.1. The third-order valence-electron chi connectivity index (χ3n) is 3.64. The Bertz CT molecular complexity index is 991. The molecule has 2 amide bonds. The van der Waals surface area contributed by atoms with Crippen LogP contribution in [0.15, 0.2) is 35.3 Å². The largest absolute Gasteiger partial charge is 0.493 e. The number of pyridine rings is 1. The third-order valence-corrected chi connectivity index (χ3v) is 3.92. The lowest BCUT2D eigenvalue weighted by molar-refractivity contribution is -0.138. The van der Waals surface area contributed by atoms with Crippen LogP contribution < -0.4 is 25.9 Å². The molecule has 2 rings (SSSR count). The normalized spacial score (nSPS) is 11.0. The van der Waals surface area contributed by atoms with Crippen LogP contribution in [-0.4, -0.2) is 30.6 Å². The van der Waals surface area contributed by atoms with Crippen molar-refractivity contribution in [2.45, 2.75) is 12.7 Å². The molecule has 1 aromatic carbocycles. The van der Waals surface area contributed by atoms with Gasteiger partial charge in [0, 0.05) is 11.8 Å². The fraction of sp³-hybridized carbons (Fsp3) is 0.235. The number of benzene rings is 1. The number of ether oxygens (including phenoxy) is 2. The Labute approximate surface area is 167 Å². The van der Waals surface area contributed by atoms with Crippen molar-refractivity contribution in [3.8, 4) is 11.5 Å². The molecule has 2 aromatic rings. The van der Waals surface area contributed by atoms with E-state index >= 15 is 0 Å². The minimum atomic E-state index is -4.75. The molecule has 2 N–H and O–H groups in total. The highest BCUT2D eigenvalue weighted by atomic mass is 35.5. The van der Waals surface area contributed by atoms with Crippen LogP contribution in [0.1, 0.15) is 15.9 Å². The van der Waals surface area contributed by atoms with Gasteiger partial charge in [0.25, 0.3) is 17.4 Å². The van der Waals surface area contributed by atoms with Gasteiger partial charge < -0.3 is 14.0 Å². The molecule has 0 aliphatic heterocycles. The van der Waals surface area contributed by atoms with E-state index in [0.29, 0.717) is 22.6 Å². The molecule has 0 unspecified atom stereocenters. The maximum atomic E-state index is 12.8. The van der Waals surface area contributed by atoms with Crippen LogP contribution in [0.25, 0.3) is 0 Å². The van der Waals surface area contributed by atoms with Crippen LogP contribution in [-0.2, 0) is 17.5 Å². The topological polar surface area (TPSA) is 98.7 Å². The number of nitrogens with one attached hydrogen (secondary N) is 2. The molecule has 1 aromatic heterocycles. The van der Waals surface area contributed by atoms with Crippen molar-refractivity contribution in [2.24, 2.45) is 0 Å². The molecule has 0 saturated heterocycles. The molecule has 0 fully saturated rings. The molecular formula is C17H15ClF3N3O5. The van der Waals surface area contributed by atoms with Crippen molar-refractivity contribution in [1.82, 2.24) is 15.4 Å². The van der Waals surface area contributed by atoms with Crippen LogP contribution in [0.3, 0.4) is 0 Å². The average molecular weight is 434 g/mol. The summed E-state index contributed by atoms with van der Waals surface area (Å²) in [7, 11) is 2.79. The van der Waals surface area contributed by atoms with Crippen LogP contribution in [0, 0.1) is 0 Å². The lowest BCUT2D eigenvalue weighted by Crippen LogP contribution is -2.44. The molecule has 29 heavy (non-hydrogen) atoms. The van der Waals surface area contributed by atoms with Crippen LogP contribution >= 0.6 is 11.6 Å². The number of methoxy groups -OCH3 is 2. The number of carbonyl (C=O) groups is 2. The molecule has 0 aliphatic rings. The fourth-order valence-electron chi connectivity index (χ4n) is 2.24. The summed E-state index contributed by atoms with van der Waals surface area (Å²) >= 11 is 5.51. The molecule has 0 radical (unpaired) electrons. The maximum absolute atomic E-state index is 12.8. The third kappa shape index (κ3) is 5.41. The first-order chi connectivity index (χ1) is 13.6. The summed E-state index contributed by atoms with van der Waals surface area (Å²) in [6.45, 7) is -0.797. The van der Waals surface area contributed by atoms with E-state index in [2.05, 4.69) is 5.43 Å². The summed E-state index contributed by atoms with van der Waals surface area (Å²) in [5, 5.41) is -0.693. The van der Waals surface area contributed by atoms with E-state index in [1.807, 2.05) is 5.43 Å². The zero-order valence-electron chi connectivity index (χ0n) is 15.1. The second-order valence-corrected chi connectivity index (χ2v) is 5.99. The van der Waals surface area contributed by atoms with Gasteiger partial charge in [0.1, 0.15) is 11.6 Å². The van der Waals surface area contributed by atoms with Crippen molar-refractivity contribution >= 4 is 23.4 Å². The van der Waals surface area contributed by atoms with Crippen molar-refractivity contribution in [1.29, 1.82) is 0 Å². The Morgan fingerprint density at radius 2 is 1.76 bits per heavy atom. The number of nitrogens with zero attached hydrogens (tertiary/aromatic N) is 1. The molecule has 0 saturated carbocycles. The minimum absolute atomic E-state index is 0.113. The van der Waals surface area contributed by atoms with Crippen LogP contribution in [0.2, 0.25) is 5.02 Å². The van der Waals surface area contributed by atoms with E-state index in [4.69, 9.17) is 21.1 Å². The van der Waals surface area contributed by atoms with E-state index in [-0.39, 0.29) is 11.3 Å². The number of hydrazine groups is 1. The highest BCUT2D eigenvalue weighted by Gasteiger charge is 2.32. The van der Waals surface area contributed by atoms with Gasteiger partial charge in [-0.2, -0.15) is 13.2 Å². The fourth-order valence-corrected chi connectivity index (χ4v) is 2.47. The molecule has 0 aliphatic carbocycles. The van der Waals surface area contributed by atoms with Gasteiger partial charge in [-0.1, -0.05) is 11.6 Å². The van der Waals surface area contributed by atoms with Crippen LogP contribution in [0.5, 0.6) is 11.5 Å². The molecule has 0 bridgehead atoms. The van der Waals surface area contributed by atoms with Crippen molar-refractivity contribution < 1.29 is 32.2 Å². The Hall–Kier alpha value is -3.21. The highest BCUT2D eigenvalue weighted by molar-refractivity contribution is 6.30. The van der Waals surface area contributed by atoms with Crippen molar-refractivity contribution in [3.63, 3.8) is 0 Å². The van der Waals surface area contributed by atoms with Gasteiger partial charge in [0.05, 0.1) is 19.8 Å². The molecule has 1 heterocycles. The van der Waals surface area contributed by atoms with Gasteiger partial charge in [-0.25, -0.2) is 0 Å². The van der Waals surface area contributed by atoms with E-state index < -0.39 is 40.7 Å². The van der Waals surface area contributed by atoms with E-state index in [1.54, 1.807) is 0 Å². The van der Waals surface area contributed by atoms with E-state index in [9.17, 15) is 27.6 Å². The number of hydrogen-bond acceptors (Lipinski definition) is 5. The Balaban J connectivity index is 2.08. The van der Waals surface area contributed by atoms with Crippen molar-refractivity contribution in [2.75, 3.05) is 14.2 Å². The minimum Gasteiger partial charge on any atom is -0.493 e. The average Bonchev–Trinajstić information content (AvgIpc) is 2.67. The zero-order valence-corrected chi connectivity index (χ0v) is 15.9. The first-order valence-electron chi connectivity index (χ1n) is 7.85. The summed E-state index contributed by atoms with van der Waals surface area (Å²) in [5.74, 6) is -1.02. The smallest absolute Gasteiger partial charge is 0.417 e. The molecule has 8 nitrogen and oxygen atoms in total. The van der Waals surface area contributed by atoms with Gasteiger partial charge in [-0.15, -0.1) is 0 Å². The lowest BCUT2D eigenvalue weighted by atomic mass is 10.2. The summed E-state index contributed by atoms with van der Waals surface area (Å²) in [6.07, 6.45) is -4.29. The Morgan fingerprint density at radius 1 is 1.10 bits per heavy atom. The number of halogens is 4. The molecular weight excluding hydrogens is 419 g/mol. The van der Waals surface area contributed by atoms with Crippen molar-refractivity contribution in [3.05, 3.63) is 57.0 Å². The number of hydrogen-bond donors (Lipinski definition) is 2. The van der Waals surface area contributed by atoms with Gasteiger partial charge in [0.15, 0.2) is 11.5 Å². The lowest BCUT2D eigenvalue weighted by Gasteiger charge is -2.13. The van der Waals surface area contributed by atoms with Crippen LogP contribution in [0.4, 0.5) is 13.2 Å².